The number of hydrogen-bond acceptors (Lipinski definition) is 0. The van der Waals surface area contributed by atoms with Gasteiger partial charge in [-0.1, -0.05) is 474 Å². The molecule has 12 heteroatoms. The van der Waals surface area contributed by atoms with Crippen molar-refractivity contribution in [1.82, 2.24) is 0 Å². The van der Waals surface area contributed by atoms with E-state index in [1.54, 1.807) is 148 Å². The maximum atomic E-state index is 2.40. The van der Waals surface area contributed by atoms with Crippen LogP contribution < -0.4 is 28.2 Å². The fourth-order valence-electron chi connectivity index (χ4n) is 24.2. The summed E-state index contributed by atoms with van der Waals surface area (Å²) in [5.74, 6) is 0. The van der Waals surface area contributed by atoms with Crippen LogP contribution in [0.1, 0.15) is 667 Å². The second-order valence-corrected chi connectivity index (χ2v) is 71.3. The summed E-state index contributed by atoms with van der Waals surface area (Å²) >= 11 is 0. The minimum absolute atomic E-state index is 0. The molecule has 0 radical (unpaired) electrons. The van der Waals surface area contributed by atoms with Crippen LogP contribution in [0.2, 0.25) is 0 Å². The van der Waals surface area contributed by atoms with Gasteiger partial charge in [0.1, 0.15) is 0 Å². The summed E-state index contributed by atoms with van der Waals surface area (Å²) in [7, 11) is -3.42. The molecule has 0 rings (SSSR count). The maximum Gasteiger partial charge on any atom is 0.0594 e. The van der Waals surface area contributed by atoms with Crippen LogP contribution in [0.5, 0.6) is 0 Å². The molecule has 852 valence electrons. The molecule has 0 amide bonds. The Labute approximate surface area is 880 Å². The van der Waals surface area contributed by atoms with Crippen LogP contribution in [0.4, 0.5) is 0 Å². The van der Waals surface area contributed by atoms with E-state index in [1.165, 1.54) is 501 Å². The van der Waals surface area contributed by atoms with Crippen LogP contribution in [0, 0.1) is 0 Å². The second kappa shape index (κ2) is 135. The lowest BCUT2D eigenvalue weighted by Crippen LogP contribution is -3.00. The van der Waals surface area contributed by atoms with E-state index in [0.29, 0.717) is 0 Å². The summed E-state index contributed by atoms with van der Waals surface area (Å²) < 4.78 is 0. The fourth-order valence-corrected chi connectivity index (χ4v) is 54.7. The Hall–Kier alpha value is 2.16. The fraction of sp³-hybridized carbons (Fsp3) is 1.00. The van der Waals surface area contributed by atoms with Gasteiger partial charge < -0.3 is 28.2 Å². The molecule has 0 aromatic carbocycles. The van der Waals surface area contributed by atoms with E-state index in [4.69, 9.17) is 0 Å². The van der Waals surface area contributed by atoms with Crippen molar-refractivity contribution in [2.45, 2.75) is 667 Å². The Morgan fingerprint density at radius 3 is 0.181 bits per heavy atom. The molecule has 0 saturated carbocycles. The van der Waals surface area contributed by atoms with Gasteiger partial charge in [-0.15, -0.1) is 0 Å². The molecule has 0 fully saturated rings. The molecule has 0 aromatic heterocycles. The van der Waals surface area contributed by atoms with Crippen LogP contribution >= 0.6 is 43.6 Å². The molecule has 0 bridgehead atoms. The Balaban J connectivity index is -0.000000137. The van der Waals surface area contributed by atoms with Gasteiger partial charge in [0, 0.05) is 43.6 Å². The van der Waals surface area contributed by atoms with Crippen LogP contribution in [0.25, 0.3) is 0 Å². The largest absolute Gasteiger partial charge is 1.00 e. The predicted octanol–water partition coefficient (Wildman–Crippen LogP) is 31.0. The van der Waals surface area contributed by atoms with Gasteiger partial charge in [-0.3, -0.25) is 0 Å². The highest BCUT2D eigenvalue weighted by atomic mass is 31.2. The van der Waals surface area contributed by atoms with Crippen molar-refractivity contribution in [3.63, 3.8) is 0 Å². The van der Waals surface area contributed by atoms with Gasteiger partial charge in [0.2, 0.25) is 0 Å². The molecular formula is C126H276F6P6. The molecule has 0 nitrogen and oxygen atoms in total. The van der Waals surface area contributed by atoms with Crippen LogP contribution in [0.3, 0.4) is 0 Å². The van der Waals surface area contributed by atoms with Gasteiger partial charge in [0.05, 0.1) is 148 Å². The van der Waals surface area contributed by atoms with Crippen LogP contribution in [-0.2, 0) is 0 Å². The first-order chi connectivity index (χ1) is 64.5. The van der Waals surface area contributed by atoms with Crippen molar-refractivity contribution in [2.24, 2.45) is 0 Å². The van der Waals surface area contributed by atoms with E-state index < -0.39 is 43.6 Å². The molecule has 0 unspecified atom stereocenters. The van der Waals surface area contributed by atoms with E-state index in [0.717, 1.165) is 0 Å². The monoisotopic (exact) mass is 2090 g/mol. The lowest BCUT2D eigenvalue weighted by Gasteiger charge is -2.27. The smallest absolute Gasteiger partial charge is 0.0594 e. The van der Waals surface area contributed by atoms with Crippen molar-refractivity contribution in [2.75, 3.05) is 148 Å². The van der Waals surface area contributed by atoms with E-state index in [1.807, 2.05) is 0 Å². The average molecular weight is 2090 g/mol. The average Bonchev–Trinajstić information content (AvgIpc) is 0.911. The summed E-state index contributed by atoms with van der Waals surface area (Å²) in [4.78, 5) is 0. The number of unbranched alkanes of at least 4 members (excludes halogenated alkanes) is 54. The third kappa shape index (κ3) is 112. The topological polar surface area (TPSA) is 0 Å². The highest BCUT2D eigenvalue weighted by Gasteiger charge is 2.39. The number of rotatable bonds is 102. The SMILES string of the molecule is CCCCCCCCCCCC[P+](CCC)(CCC)CCC.CCCCCCCCCCCC[P+](CCC)(CCC)CCC.CCCCCCCCCCCC[P+](CCC)(CCC)CCC.CCCCCCCCCCCC[P+](CCC)(CCC)CCC.CCCCCCCCCCCC[P+](CCC)(CCC)CCC.CCCCCCCCCCCC[P+](CCC)(CCC)CCC.[F-].[F-].[F-].[F-].[F-].[F-]. The Morgan fingerprint density at radius 2 is 0.123 bits per heavy atom. The highest BCUT2D eigenvalue weighted by Crippen LogP contribution is 2.65. The molecular weight excluding hydrogens is 1810 g/mol. The van der Waals surface area contributed by atoms with Gasteiger partial charge in [-0.05, 0) is 193 Å². The van der Waals surface area contributed by atoms with Crippen LogP contribution in [0.15, 0.2) is 0 Å². The zero-order valence-electron chi connectivity index (χ0n) is 101. The van der Waals surface area contributed by atoms with Crippen molar-refractivity contribution in [3.8, 4) is 0 Å². The third-order valence-electron chi connectivity index (χ3n) is 30.5. The Bertz CT molecular complexity index is 1560. The van der Waals surface area contributed by atoms with Crippen LogP contribution in [-0.4, -0.2) is 148 Å². The maximum absolute atomic E-state index is 2.40. The molecule has 0 aliphatic carbocycles. The summed E-state index contributed by atoms with van der Waals surface area (Å²) in [5.41, 5.74) is 0. The Kier molecular flexibility index (Phi) is 162. The zero-order chi connectivity index (χ0) is 99.1. The second-order valence-electron chi connectivity index (χ2n) is 44.5. The Morgan fingerprint density at radius 1 is 0.0652 bits per heavy atom. The zero-order valence-corrected chi connectivity index (χ0v) is 106. The van der Waals surface area contributed by atoms with Gasteiger partial charge in [0.15, 0.2) is 0 Å². The molecule has 138 heavy (non-hydrogen) atoms. The molecule has 0 aliphatic heterocycles. The molecule has 0 heterocycles. The quantitative estimate of drug-likeness (QED) is 0.0323. The summed E-state index contributed by atoms with van der Waals surface area (Å²) in [5, 5.41) is 0. The van der Waals surface area contributed by atoms with Crippen molar-refractivity contribution in [1.29, 1.82) is 0 Å². The lowest BCUT2D eigenvalue weighted by molar-refractivity contribution is -0.00100. The van der Waals surface area contributed by atoms with Gasteiger partial charge >= 0.3 is 0 Å². The first kappa shape index (κ1) is 165. The van der Waals surface area contributed by atoms with E-state index in [9.17, 15) is 0 Å². The summed E-state index contributed by atoms with van der Waals surface area (Å²) in [6, 6.07) is 0. The van der Waals surface area contributed by atoms with Gasteiger partial charge in [0.25, 0.3) is 0 Å². The third-order valence-corrected chi connectivity index (χ3v) is 63.2. The molecule has 0 spiro atoms. The highest BCUT2D eigenvalue weighted by molar-refractivity contribution is 7.77. The normalized spacial score (nSPS) is 11.5. The molecule has 0 atom stereocenters. The molecule has 0 N–H and O–H groups in total. The van der Waals surface area contributed by atoms with E-state index in [-0.39, 0.29) is 28.2 Å². The van der Waals surface area contributed by atoms with Crippen molar-refractivity contribution in [3.05, 3.63) is 0 Å². The first-order valence-corrected chi connectivity index (χ1v) is 78.7. The standard InChI is InChI=1S/6C21H46P.6FH/c6*1-5-9-10-11-12-13-14-15-16-17-21-22(18-6-2,19-7-3)20-8-4;;;;;;/h6*5-21H2,1-4H3;6*1H/q6*+1;;;;;;/p-6. The van der Waals surface area contributed by atoms with E-state index >= 15 is 0 Å². The minimum Gasteiger partial charge on any atom is -1.00 e. The predicted molar refractivity (Wildman–Crippen MR) is 655 cm³/mol. The van der Waals surface area contributed by atoms with Crippen molar-refractivity contribution < 1.29 is 28.2 Å². The first-order valence-electron chi connectivity index (χ1n) is 63.6. The van der Waals surface area contributed by atoms with Gasteiger partial charge in [-0.25, -0.2) is 0 Å². The summed E-state index contributed by atoms with van der Waals surface area (Å²) in [6.07, 6.45) is 152. The molecule has 0 saturated heterocycles. The minimum atomic E-state index is -0.570. The van der Waals surface area contributed by atoms with Crippen molar-refractivity contribution >= 4 is 43.6 Å². The van der Waals surface area contributed by atoms with Gasteiger partial charge in [-0.2, -0.15) is 0 Å². The molecule has 0 aromatic rings. The summed E-state index contributed by atoms with van der Waals surface area (Å²) in [6.45, 7) is 57.0. The van der Waals surface area contributed by atoms with E-state index in [2.05, 4.69) is 166 Å². The molecule has 0 aliphatic rings. The lowest BCUT2D eigenvalue weighted by atomic mass is 10.1. The number of hydrogen-bond donors (Lipinski definition) is 0. The number of halogens is 6.